The summed E-state index contributed by atoms with van der Waals surface area (Å²) in [7, 11) is 1.62. The highest BCUT2D eigenvalue weighted by Crippen LogP contribution is 2.18. The van der Waals surface area contributed by atoms with Gasteiger partial charge in [-0.15, -0.1) is 0 Å². The van der Waals surface area contributed by atoms with Gasteiger partial charge in [-0.05, 0) is 18.4 Å². The lowest BCUT2D eigenvalue weighted by molar-refractivity contribution is -0.122. The van der Waals surface area contributed by atoms with Crippen molar-refractivity contribution in [2.24, 2.45) is 0 Å². The van der Waals surface area contributed by atoms with Crippen LogP contribution < -0.4 is 5.32 Å². The lowest BCUT2D eigenvalue weighted by Crippen LogP contribution is -2.39. The van der Waals surface area contributed by atoms with Gasteiger partial charge in [0.15, 0.2) is 0 Å². The van der Waals surface area contributed by atoms with Gasteiger partial charge in [0.05, 0.1) is 18.8 Å². The van der Waals surface area contributed by atoms with Gasteiger partial charge in [0.2, 0.25) is 5.91 Å². The van der Waals surface area contributed by atoms with Crippen molar-refractivity contribution < 1.29 is 14.6 Å². The number of aliphatic hydroxyl groups excluding tert-OH is 1. The molecule has 1 rings (SSSR count). The Morgan fingerprint density at radius 2 is 1.59 bits per heavy atom. The summed E-state index contributed by atoms with van der Waals surface area (Å²) in [4.78, 5) is 12.2. The third-order valence-corrected chi connectivity index (χ3v) is 4.93. The molecule has 0 heterocycles. The van der Waals surface area contributed by atoms with E-state index in [1.165, 1.54) is 44.9 Å². The minimum atomic E-state index is -0.598. The monoisotopic (exact) mass is 377 g/mol. The molecular weight excluding hydrogens is 338 g/mol. The molecule has 4 heteroatoms. The molecule has 27 heavy (non-hydrogen) atoms. The molecule has 0 aliphatic heterocycles. The van der Waals surface area contributed by atoms with E-state index in [0.717, 1.165) is 18.4 Å². The smallest absolute Gasteiger partial charge is 0.220 e. The largest absolute Gasteiger partial charge is 0.388 e. The number of hydrogen-bond acceptors (Lipinski definition) is 3. The molecule has 0 unspecified atom stereocenters. The first-order valence-electron chi connectivity index (χ1n) is 10.7. The summed E-state index contributed by atoms with van der Waals surface area (Å²) < 4.78 is 5.21. The van der Waals surface area contributed by atoms with E-state index in [1.807, 2.05) is 30.3 Å². The van der Waals surface area contributed by atoms with Crippen LogP contribution in [-0.4, -0.2) is 30.8 Å². The number of hydrogen-bond donors (Lipinski definition) is 2. The standard InChI is InChI=1S/C23H39NO3/c1-3-4-5-6-7-8-9-10-14-17-23(26)24-21(19-27-2)18-22(25)20-15-12-11-13-16-20/h11-13,15-16,21-22,25H,3-10,14,17-19H2,1-2H3,(H,24,26)/t21-,22-/m1/s1. The second-order valence-corrected chi connectivity index (χ2v) is 7.46. The van der Waals surface area contributed by atoms with E-state index in [9.17, 15) is 9.90 Å². The number of nitrogens with one attached hydrogen (secondary N) is 1. The summed E-state index contributed by atoms with van der Waals surface area (Å²) in [6.45, 7) is 2.65. The maximum absolute atomic E-state index is 12.2. The minimum Gasteiger partial charge on any atom is -0.388 e. The number of benzene rings is 1. The molecule has 0 saturated carbocycles. The van der Waals surface area contributed by atoms with Crippen molar-refractivity contribution >= 4 is 5.91 Å². The molecule has 1 aromatic rings. The zero-order valence-electron chi connectivity index (χ0n) is 17.3. The zero-order valence-corrected chi connectivity index (χ0v) is 17.3. The number of carbonyl (C=O) groups is 1. The first kappa shape index (κ1) is 23.6. The number of amides is 1. The Hall–Kier alpha value is -1.39. The second-order valence-electron chi connectivity index (χ2n) is 7.46. The average Bonchev–Trinajstić information content (AvgIpc) is 2.67. The summed E-state index contributed by atoms with van der Waals surface area (Å²) in [5, 5.41) is 13.4. The predicted octanol–water partition coefficient (Wildman–Crippen LogP) is 5.16. The molecule has 2 N–H and O–H groups in total. The Morgan fingerprint density at radius 3 is 2.19 bits per heavy atom. The van der Waals surface area contributed by atoms with Crippen molar-refractivity contribution in [1.29, 1.82) is 0 Å². The fraction of sp³-hybridized carbons (Fsp3) is 0.696. The maximum Gasteiger partial charge on any atom is 0.220 e. The van der Waals surface area contributed by atoms with Crippen LogP contribution in [0.5, 0.6) is 0 Å². The number of methoxy groups -OCH3 is 1. The Kier molecular flexibility index (Phi) is 13.7. The maximum atomic E-state index is 12.2. The van der Waals surface area contributed by atoms with Gasteiger partial charge >= 0.3 is 0 Å². The molecule has 2 atom stereocenters. The Labute approximate surface area is 165 Å². The Balaban J connectivity index is 2.19. The van der Waals surface area contributed by atoms with E-state index in [2.05, 4.69) is 12.2 Å². The highest BCUT2D eigenvalue weighted by atomic mass is 16.5. The third kappa shape index (κ3) is 11.8. The quantitative estimate of drug-likeness (QED) is 0.391. The number of carbonyl (C=O) groups excluding carboxylic acids is 1. The Morgan fingerprint density at radius 1 is 1.00 bits per heavy atom. The van der Waals surface area contributed by atoms with Crippen LogP contribution >= 0.6 is 0 Å². The summed E-state index contributed by atoms with van der Waals surface area (Å²) >= 11 is 0. The van der Waals surface area contributed by atoms with Crippen LogP contribution in [0.2, 0.25) is 0 Å². The van der Waals surface area contributed by atoms with Crippen LogP contribution in [0.15, 0.2) is 30.3 Å². The molecule has 0 aliphatic carbocycles. The molecule has 0 aliphatic rings. The van der Waals surface area contributed by atoms with E-state index < -0.39 is 6.10 Å². The fourth-order valence-corrected chi connectivity index (χ4v) is 3.35. The van der Waals surface area contributed by atoms with Crippen molar-refractivity contribution in [2.45, 2.75) is 89.7 Å². The highest BCUT2D eigenvalue weighted by Gasteiger charge is 2.18. The number of rotatable bonds is 16. The lowest BCUT2D eigenvalue weighted by atomic mass is 10.0. The minimum absolute atomic E-state index is 0.0558. The molecule has 1 aromatic carbocycles. The van der Waals surface area contributed by atoms with Crippen LogP contribution in [0.3, 0.4) is 0 Å². The zero-order chi connectivity index (χ0) is 19.7. The highest BCUT2D eigenvalue weighted by molar-refractivity contribution is 5.76. The first-order chi connectivity index (χ1) is 13.2. The molecule has 1 amide bonds. The number of aliphatic hydroxyl groups is 1. The molecule has 0 fully saturated rings. The Bertz CT molecular complexity index is 478. The van der Waals surface area contributed by atoms with Gasteiger partial charge in [0, 0.05) is 13.5 Å². The lowest BCUT2D eigenvalue weighted by Gasteiger charge is -2.21. The molecule has 0 aromatic heterocycles. The van der Waals surface area contributed by atoms with Crippen molar-refractivity contribution in [3.63, 3.8) is 0 Å². The molecular formula is C23H39NO3. The van der Waals surface area contributed by atoms with Crippen LogP contribution in [0.25, 0.3) is 0 Å². The van der Waals surface area contributed by atoms with Gasteiger partial charge in [-0.3, -0.25) is 4.79 Å². The summed E-state index contributed by atoms with van der Waals surface area (Å²) in [5.41, 5.74) is 0.867. The van der Waals surface area contributed by atoms with E-state index in [4.69, 9.17) is 4.74 Å². The van der Waals surface area contributed by atoms with Gasteiger partial charge in [0.1, 0.15) is 0 Å². The van der Waals surface area contributed by atoms with Gasteiger partial charge in [-0.1, -0.05) is 88.6 Å². The number of unbranched alkanes of at least 4 members (excludes halogenated alkanes) is 8. The van der Waals surface area contributed by atoms with E-state index in [-0.39, 0.29) is 11.9 Å². The van der Waals surface area contributed by atoms with Crippen molar-refractivity contribution in [2.75, 3.05) is 13.7 Å². The van der Waals surface area contributed by atoms with Crippen LogP contribution in [0, 0.1) is 0 Å². The molecule has 0 spiro atoms. The topological polar surface area (TPSA) is 58.6 Å². The van der Waals surface area contributed by atoms with E-state index >= 15 is 0 Å². The summed E-state index contributed by atoms with van der Waals surface area (Å²) in [6, 6.07) is 9.38. The van der Waals surface area contributed by atoms with Crippen LogP contribution in [0.1, 0.15) is 89.2 Å². The molecule has 0 radical (unpaired) electrons. The summed E-state index contributed by atoms with van der Waals surface area (Å²) in [5.74, 6) is 0.0558. The van der Waals surface area contributed by atoms with Crippen molar-refractivity contribution in [1.82, 2.24) is 5.32 Å². The van der Waals surface area contributed by atoms with Gasteiger partial charge in [0.25, 0.3) is 0 Å². The van der Waals surface area contributed by atoms with Gasteiger partial charge < -0.3 is 15.2 Å². The van der Waals surface area contributed by atoms with E-state index in [1.54, 1.807) is 7.11 Å². The molecule has 0 bridgehead atoms. The molecule has 4 nitrogen and oxygen atoms in total. The predicted molar refractivity (Wildman–Crippen MR) is 112 cm³/mol. The first-order valence-corrected chi connectivity index (χ1v) is 10.7. The van der Waals surface area contributed by atoms with Crippen molar-refractivity contribution in [3.8, 4) is 0 Å². The van der Waals surface area contributed by atoms with Gasteiger partial charge in [-0.2, -0.15) is 0 Å². The van der Waals surface area contributed by atoms with Crippen LogP contribution in [0.4, 0.5) is 0 Å². The average molecular weight is 378 g/mol. The SMILES string of the molecule is CCCCCCCCCCCC(=O)N[C@@H](COC)C[C@@H](O)c1ccccc1. The van der Waals surface area contributed by atoms with Crippen molar-refractivity contribution in [3.05, 3.63) is 35.9 Å². The number of ether oxygens (including phenoxy) is 1. The normalized spacial score (nSPS) is 13.3. The van der Waals surface area contributed by atoms with E-state index in [0.29, 0.717) is 19.4 Å². The fourth-order valence-electron chi connectivity index (χ4n) is 3.35. The summed E-state index contributed by atoms with van der Waals surface area (Å²) in [6.07, 6.45) is 11.6. The second kappa shape index (κ2) is 15.6. The molecule has 0 saturated heterocycles. The third-order valence-electron chi connectivity index (χ3n) is 4.93. The van der Waals surface area contributed by atoms with Crippen LogP contribution in [-0.2, 0) is 9.53 Å². The molecule has 154 valence electrons. The van der Waals surface area contributed by atoms with Gasteiger partial charge in [-0.25, -0.2) is 0 Å².